The van der Waals surface area contributed by atoms with Crippen LogP contribution in [0.3, 0.4) is 0 Å². The molecular formula is C15H17FN4O4S. The Kier molecular flexibility index (Phi) is 6.66. The van der Waals surface area contributed by atoms with E-state index in [0.717, 1.165) is 16.2 Å². The van der Waals surface area contributed by atoms with Crippen molar-refractivity contribution in [2.75, 3.05) is 18.5 Å². The number of anilines is 1. The third kappa shape index (κ3) is 6.01. The topological polar surface area (TPSA) is 115 Å². The van der Waals surface area contributed by atoms with Crippen LogP contribution in [0.4, 0.5) is 19.1 Å². The number of carbonyl (C=O) groups is 2. The molecule has 3 amide bonds. The predicted molar refractivity (Wildman–Crippen MR) is 89.9 cm³/mol. The van der Waals surface area contributed by atoms with E-state index in [4.69, 9.17) is 10.2 Å². The van der Waals surface area contributed by atoms with E-state index in [1.807, 2.05) is 0 Å². The first kappa shape index (κ1) is 18.6. The summed E-state index contributed by atoms with van der Waals surface area (Å²) < 4.78 is 13.1. The smallest absolute Gasteiger partial charge is 0.407 e. The minimum absolute atomic E-state index is 0.0129. The summed E-state index contributed by atoms with van der Waals surface area (Å²) in [6.07, 6.45) is -1.16. The lowest BCUT2D eigenvalue weighted by Gasteiger charge is -2.16. The summed E-state index contributed by atoms with van der Waals surface area (Å²) in [4.78, 5) is 28.0. The maximum absolute atomic E-state index is 13.1. The van der Waals surface area contributed by atoms with Crippen LogP contribution in [0.5, 0.6) is 0 Å². The molecule has 1 aromatic carbocycles. The number of amides is 3. The third-order valence-electron chi connectivity index (χ3n) is 3.11. The van der Waals surface area contributed by atoms with E-state index in [2.05, 4.69) is 15.6 Å². The number of hydrogen-bond acceptors (Lipinski definition) is 5. The van der Waals surface area contributed by atoms with Crippen LogP contribution in [-0.2, 0) is 13.1 Å². The van der Waals surface area contributed by atoms with Crippen LogP contribution in [-0.4, -0.2) is 45.4 Å². The maximum Gasteiger partial charge on any atom is 0.407 e. The lowest BCUT2D eigenvalue weighted by Crippen LogP contribution is -2.31. The minimum Gasteiger partial charge on any atom is -0.465 e. The number of halogens is 1. The van der Waals surface area contributed by atoms with Crippen LogP contribution in [0.15, 0.2) is 29.6 Å². The molecule has 0 spiro atoms. The van der Waals surface area contributed by atoms with Crippen LogP contribution >= 0.6 is 11.3 Å². The fourth-order valence-electron chi connectivity index (χ4n) is 1.97. The Balaban J connectivity index is 1.85. The second kappa shape index (κ2) is 8.94. The second-order valence-corrected chi connectivity index (χ2v) is 5.87. The fourth-order valence-corrected chi connectivity index (χ4v) is 2.66. The van der Waals surface area contributed by atoms with Crippen molar-refractivity contribution in [2.45, 2.75) is 13.1 Å². The molecule has 0 radical (unpaired) electrons. The number of benzene rings is 1. The first-order valence-corrected chi connectivity index (χ1v) is 8.18. The van der Waals surface area contributed by atoms with E-state index in [1.165, 1.54) is 12.1 Å². The van der Waals surface area contributed by atoms with Crippen molar-refractivity contribution in [1.82, 2.24) is 15.2 Å². The quantitative estimate of drug-likeness (QED) is 0.597. The Morgan fingerprint density at radius 1 is 1.36 bits per heavy atom. The van der Waals surface area contributed by atoms with Crippen LogP contribution < -0.4 is 10.6 Å². The standard InChI is InChI=1S/C15H17FN4O4S/c16-11-3-1-2-10(6-11)7-17-13(22)19-14-18-12(9-25-14)8-20(4-5-21)15(23)24/h1-3,6,9,21H,4-5,7-8H2,(H,23,24)(H2,17,18,19,22). The van der Waals surface area contributed by atoms with Crippen LogP contribution in [0.2, 0.25) is 0 Å². The molecule has 0 saturated carbocycles. The van der Waals surface area contributed by atoms with Gasteiger partial charge in [-0.2, -0.15) is 0 Å². The lowest BCUT2D eigenvalue weighted by molar-refractivity contribution is 0.128. The summed E-state index contributed by atoms with van der Waals surface area (Å²) >= 11 is 1.15. The fraction of sp³-hybridized carbons (Fsp3) is 0.267. The predicted octanol–water partition coefficient (Wildman–Crippen LogP) is 2.08. The van der Waals surface area contributed by atoms with Gasteiger partial charge < -0.3 is 20.4 Å². The number of thiazole rings is 1. The Labute approximate surface area is 146 Å². The highest BCUT2D eigenvalue weighted by Crippen LogP contribution is 2.16. The summed E-state index contributed by atoms with van der Waals surface area (Å²) in [5.41, 5.74) is 1.08. The molecule has 0 unspecified atom stereocenters. The second-order valence-electron chi connectivity index (χ2n) is 5.01. The first-order valence-electron chi connectivity index (χ1n) is 7.30. The van der Waals surface area contributed by atoms with Crippen LogP contribution in [0.1, 0.15) is 11.3 Å². The number of rotatable bonds is 7. The summed E-state index contributed by atoms with van der Waals surface area (Å²) in [5, 5.41) is 24.9. The van der Waals surface area contributed by atoms with E-state index in [0.29, 0.717) is 16.4 Å². The van der Waals surface area contributed by atoms with Gasteiger partial charge >= 0.3 is 12.1 Å². The normalized spacial score (nSPS) is 10.3. The highest BCUT2D eigenvalue weighted by Gasteiger charge is 2.14. The molecule has 0 fully saturated rings. The molecule has 0 bridgehead atoms. The van der Waals surface area contributed by atoms with Gasteiger partial charge in [-0.05, 0) is 17.7 Å². The van der Waals surface area contributed by atoms with Gasteiger partial charge in [-0.15, -0.1) is 11.3 Å². The van der Waals surface area contributed by atoms with Gasteiger partial charge in [0.25, 0.3) is 0 Å². The lowest BCUT2D eigenvalue weighted by atomic mass is 10.2. The summed E-state index contributed by atoms with van der Waals surface area (Å²) in [6, 6.07) is 5.38. The third-order valence-corrected chi connectivity index (χ3v) is 3.91. The highest BCUT2D eigenvalue weighted by molar-refractivity contribution is 7.13. The number of aromatic nitrogens is 1. The van der Waals surface area contributed by atoms with Gasteiger partial charge in [-0.3, -0.25) is 5.32 Å². The Bertz CT molecular complexity index is 740. The molecule has 0 aliphatic rings. The molecule has 1 heterocycles. The highest BCUT2D eigenvalue weighted by atomic mass is 32.1. The van der Waals surface area contributed by atoms with Crippen LogP contribution in [0, 0.1) is 5.82 Å². The number of aliphatic hydroxyl groups excluding tert-OH is 1. The molecule has 0 aliphatic heterocycles. The number of carbonyl (C=O) groups excluding carboxylic acids is 1. The molecule has 0 saturated heterocycles. The average Bonchev–Trinajstić information content (AvgIpc) is 2.99. The van der Waals surface area contributed by atoms with Crippen molar-refractivity contribution >= 4 is 28.6 Å². The molecule has 8 nitrogen and oxygen atoms in total. The number of urea groups is 1. The molecule has 134 valence electrons. The van der Waals surface area contributed by atoms with E-state index >= 15 is 0 Å². The molecule has 1 aromatic heterocycles. The van der Waals surface area contributed by atoms with Crippen molar-refractivity contribution in [1.29, 1.82) is 0 Å². The average molecular weight is 368 g/mol. The van der Waals surface area contributed by atoms with Gasteiger partial charge in [0.2, 0.25) is 0 Å². The van der Waals surface area contributed by atoms with Crippen molar-refractivity contribution in [3.63, 3.8) is 0 Å². The Morgan fingerprint density at radius 2 is 2.16 bits per heavy atom. The van der Waals surface area contributed by atoms with Gasteiger partial charge in [0.1, 0.15) is 5.82 Å². The van der Waals surface area contributed by atoms with E-state index in [-0.39, 0.29) is 32.1 Å². The molecule has 2 aromatic rings. The molecule has 0 aliphatic carbocycles. The first-order chi connectivity index (χ1) is 12.0. The number of nitrogens with zero attached hydrogens (tertiary/aromatic N) is 2. The molecule has 25 heavy (non-hydrogen) atoms. The van der Waals surface area contributed by atoms with Crippen LogP contribution in [0.25, 0.3) is 0 Å². The van der Waals surface area contributed by atoms with Gasteiger partial charge in [0.15, 0.2) is 5.13 Å². The largest absolute Gasteiger partial charge is 0.465 e. The molecule has 10 heteroatoms. The Hall–Kier alpha value is -2.72. The maximum atomic E-state index is 13.1. The van der Waals surface area contributed by atoms with Crippen molar-refractivity contribution in [3.8, 4) is 0 Å². The summed E-state index contributed by atoms with van der Waals surface area (Å²) in [7, 11) is 0. The van der Waals surface area contributed by atoms with Crippen molar-refractivity contribution in [2.24, 2.45) is 0 Å². The zero-order valence-electron chi connectivity index (χ0n) is 13.1. The zero-order valence-corrected chi connectivity index (χ0v) is 13.9. The van der Waals surface area contributed by atoms with Gasteiger partial charge in [-0.1, -0.05) is 12.1 Å². The number of carboxylic acid groups (broad SMARTS) is 1. The summed E-state index contributed by atoms with van der Waals surface area (Å²) in [5.74, 6) is -0.380. The van der Waals surface area contributed by atoms with Crippen molar-refractivity contribution < 1.29 is 24.2 Å². The van der Waals surface area contributed by atoms with Gasteiger partial charge in [0.05, 0.1) is 18.8 Å². The van der Waals surface area contributed by atoms with Gasteiger partial charge in [0, 0.05) is 18.5 Å². The van der Waals surface area contributed by atoms with E-state index in [9.17, 15) is 14.0 Å². The monoisotopic (exact) mass is 368 g/mol. The Morgan fingerprint density at radius 3 is 2.84 bits per heavy atom. The molecule has 4 N–H and O–H groups in total. The number of hydrogen-bond donors (Lipinski definition) is 4. The zero-order chi connectivity index (χ0) is 18.2. The SMILES string of the molecule is O=C(NCc1cccc(F)c1)Nc1nc(CN(CCO)C(=O)O)cs1. The van der Waals surface area contributed by atoms with E-state index in [1.54, 1.807) is 17.5 Å². The summed E-state index contributed by atoms with van der Waals surface area (Å²) in [6.45, 7) is -0.141. The minimum atomic E-state index is -1.16. The van der Waals surface area contributed by atoms with E-state index < -0.39 is 12.1 Å². The van der Waals surface area contributed by atoms with Crippen molar-refractivity contribution in [3.05, 3.63) is 46.7 Å². The molecule has 0 atom stereocenters. The van der Waals surface area contributed by atoms with Gasteiger partial charge in [-0.25, -0.2) is 19.0 Å². The molecule has 2 rings (SSSR count). The number of aliphatic hydroxyl groups is 1. The molecular weight excluding hydrogens is 351 g/mol. The number of nitrogens with one attached hydrogen (secondary N) is 2.